The zero-order chi connectivity index (χ0) is 17.5. The summed E-state index contributed by atoms with van der Waals surface area (Å²) in [7, 11) is 1.79. The molecule has 1 aliphatic heterocycles. The number of hydrogen-bond donors (Lipinski definition) is 2. The second kappa shape index (κ2) is 10.6. The molecule has 1 aliphatic rings. The molecule has 0 spiro atoms. The van der Waals surface area contributed by atoms with Crippen LogP contribution in [0, 0.1) is 5.92 Å². The van der Waals surface area contributed by atoms with Crippen LogP contribution in [0.5, 0.6) is 0 Å². The van der Waals surface area contributed by atoms with Crippen molar-refractivity contribution < 1.29 is 4.79 Å². The maximum atomic E-state index is 11.7. The van der Waals surface area contributed by atoms with Crippen molar-refractivity contribution in [2.45, 2.75) is 52.7 Å². The highest BCUT2D eigenvalue weighted by Crippen LogP contribution is 2.14. The normalized spacial score (nSPS) is 16.0. The van der Waals surface area contributed by atoms with Gasteiger partial charge in [-0.1, -0.05) is 38.1 Å². The van der Waals surface area contributed by atoms with Crippen LogP contribution in [0.3, 0.4) is 0 Å². The van der Waals surface area contributed by atoms with Gasteiger partial charge < -0.3 is 15.5 Å². The summed E-state index contributed by atoms with van der Waals surface area (Å²) in [4.78, 5) is 17.9. The maximum Gasteiger partial charge on any atom is 0.222 e. The summed E-state index contributed by atoms with van der Waals surface area (Å²) in [6.45, 7) is 8.88. The molecule has 0 bridgehead atoms. The van der Waals surface area contributed by atoms with Crippen molar-refractivity contribution in [3.8, 4) is 0 Å². The molecule has 0 aliphatic carbocycles. The molecule has 0 aromatic heterocycles. The predicted molar refractivity (Wildman–Crippen MR) is 114 cm³/mol. The Morgan fingerprint density at radius 2 is 1.84 bits per heavy atom. The van der Waals surface area contributed by atoms with Gasteiger partial charge in [0.15, 0.2) is 5.96 Å². The Labute approximate surface area is 168 Å². The second-order valence-corrected chi connectivity index (χ2v) is 6.84. The number of nitrogens with one attached hydrogen (secondary N) is 2. The first-order valence-corrected chi connectivity index (χ1v) is 8.82. The lowest BCUT2D eigenvalue weighted by atomic mass is 10.1. The summed E-state index contributed by atoms with van der Waals surface area (Å²) in [6, 6.07) is 8.81. The Hall–Kier alpha value is -1.31. The van der Waals surface area contributed by atoms with Gasteiger partial charge in [-0.3, -0.25) is 9.79 Å². The van der Waals surface area contributed by atoms with E-state index in [4.69, 9.17) is 0 Å². The number of halogens is 1. The number of carbonyl (C=O) groups excluding carboxylic acids is 1. The zero-order valence-electron chi connectivity index (χ0n) is 15.7. The average Bonchev–Trinajstić information content (AvgIpc) is 2.97. The van der Waals surface area contributed by atoms with Gasteiger partial charge in [-0.15, -0.1) is 24.0 Å². The van der Waals surface area contributed by atoms with Gasteiger partial charge in [-0.2, -0.15) is 0 Å². The number of guanidine groups is 1. The van der Waals surface area contributed by atoms with Gasteiger partial charge in [0.25, 0.3) is 0 Å². The lowest BCUT2D eigenvalue weighted by Gasteiger charge is -2.21. The first kappa shape index (κ1) is 21.7. The highest BCUT2D eigenvalue weighted by molar-refractivity contribution is 14.0. The van der Waals surface area contributed by atoms with Crippen LogP contribution in [0.2, 0.25) is 0 Å². The number of amides is 1. The molecule has 1 aromatic rings. The number of rotatable bonds is 6. The quantitative estimate of drug-likeness (QED) is 0.391. The van der Waals surface area contributed by atoms with Crippen LogP contribution in [-0.2, 0) is 17.9 Å². The average molecular weight is 458 g/mol. The highest BCUT2D eigenvalue weighted by atomic mass is 127. The van der Waals surface area contributed by atoms with E-state index in [9.17, 15) is 4.79 Å². The summed E-state index contributed by atoms with van der Waals surface area (Å²) in [5.41, 5.74) is 2.39. The molecule has 2 rings (SSSR count). The molecule has 1 heterocycles. The summed E-state index contributed by atoms with van der Waals surface area (Å²) in [5.74, 6) is 1.65. The monoisotopic (exact) mass is 458 g/mol. The number of hydrogen-bond acceptors (Lipinski definition) is 2. The van der Waals surface area contributed by atoms with Gasteiger partial charge in [-0.05, 0) is 30.4 Å². The molecule has 1 amide bonds. The first-order valence-electron chi connectivity index (χ1n) is 8.82. The van der Waals surface area contributed by atoms with E-state index in [2.05, 4.69) is 60.7 Å². The third-order valence-electron chi connectivity index (χ3n) is 4.62. The minimum absolute atomic E-state index is 0. The molecule has 1 unspecified atom stereocenters. The summed E-state index contributed by atoms with van der Waals surface area (Å²) < 4.78 is 0. The van der Waals surface area contributed by atoms with Crippen LogP contribution in [0.4, 0.5) is 0 Å². The van der Waals surface area contributed by atoms with Crippen LogP contribution in [0.25, 0.3) is 0 Å². The number of benzene rings is 1. The number of aliphatic imine (C=N–C) groups is 1. The predicted octanol–water partition coefficient (Wildman–Crippen LogP) is 3.14. The van der Waals surface area contributed by atoms with Crippen LogP contribution in [-0.4, -0.2) is 36.4 Å². The third kappa shape index (κ3) is 6.84. The smallest absolute Gasteiger partial charge is 0.222 e. The zero-order valence-corrected chi connectivity index (χ0v) is 18.0. The van der Waals surface area contributed by atoms with Crippen molar-refractivity contribution in [2.75, 3.05) is 13.6 Å². The Kier molecular flexibility index (Phi) is 9.24. The first-order chi connectivity index (χ1) is 11.5. The molecule has 5 nitrogen and oxygen atoms in total. The van der Waals surface area contributed by atoms with Crippen LogP contribution < -0.4 is 10.6 Å². The SMILES string of the molecule is CN=C(NCc1ccc(CN2CCCC2=O)cc1)NC(C)C(C)C.I. The van der Waals surface area contributed by atoms with Crippen molar-refractivity contribution in [3.63, 3.8) is 0 Å². The molecule has 0 radical (unpaired) electrons. The van der Waals surface area contributed by atoms with E-state index < -0.39 is 0 Å². The van der Waals surface area contributed by atoms with E-state index in [1.807, 2.05) is 4.90 Å². The van der Waals surface area contributed by atoms with Gasteiger partial charge in [0, 0.05) is 39.1 Å². The fourth-order valence-electron chi connectivity index (χ4n) is 2.62. The van der Waals surface area contributed by atoms with Gasteiger partial charge in [0.05, 0.1) is 0 Å². The molecule has 25 heavy (non-hydrogen) atoms. The summed E-state index contributed by atoms with van der Waals surface area (Å²) >= 11 is 0. The molecule has 6 heteroatoms. The lowest BCUT2D eigenvalue weighted by Crippen LogP contribution is -2.43. The van der Waals surface area contributed by atoms with Crippen LogP contribution in [0.15, 0.2) is 29.3 Å². The molecule has 2 N–H and O–H groups in total. The molecule has 1 saturated heterocycles. The molecule has 1 aromatic carbocycles. The highest BCUT2D eigenvalue weighted by Gasteiger charge is 2.19. The van der Waals surface area contributed by atoms with Crippen LogP contribution >= 0.6 is 24.0 Å². The maximum absolute atomic E-state index is 11.7. The van der Waals surface area contributed by atoms with Crippen molar-refractivity contribution in [3.05, 3.63) is 35.4 Å². The Morgan fingerprint density at radius 1 is 1.20 bits per heavy atom. The van der Waals surface area contributed by atoms with Gasteiger partial charge in [0.2, 0.25) is 5.91 Å². The molecule has 0 saturated carbocycles. The molecular weight excluding hydrogens is 427 g/mol. The standard InChI is InChI=1S/C19H30N4O.HI/c1-14(2)15(3)22-19(20-4)21-12-16-7-9-17(10-8-16)13-23-11-5-6-18(23)24;/h7-10,14-15H,5-6,11-13H2,1-4H3,(H2,20,21,22);1H. The van der Waals surface area contributed by atoms with E-state index in [-0.39, 0.29) is 29.9 Å². The minimum Gasteiger partial charge on any atom is -0.354 e. The molecular formula is C19H31IN4O. The van der Waals surface area contributed by atoms with Crippen molar-refractivity contribution in [1.29, 1.82) is 0 Å². The van der Waals surface area contributed by atoms with E-state index >= 15 is 0 Å². The largest absolute Gasteiger partial charge is 0.354 e. The number of carbonyl (C=O) groups is 1. The molecule has 1 atom stereocenters. The molecule has 1 fully saturated rings. The lowest BCUT2D eigenvalue weighted by molar-refractivity contribution is -0.128. The van der Waals surface area contributed by atoms with Crippen molar-refractivity contribution >= 4 is 35.8 Å². The minimum atomic E-state index is 0. The number of nitrogens with zero attached hydrogens (tertiary/aromatic N) is 2. The van der Waals surface area contributed by atoms with Crippen molar-refractivity contribution in [2.24, 2.45) is 10.9 Å². The van der Waals surface area contributed by atoms with Gasteiger partial charge in [0.1, 0.15) is 0 Å². The summed E-state index contributed by atoms with van der Waals surface area (Å²) in [5, 5.41) is 6.74. The van der Waals surface area contributed by atoms with E-state index in [0.717, 1.165) is 32.0 Å². The van der Waals surface area contributed by atoms with E-state index in [0.29, 0.717) is 18.4 Å². The second-order valence-electron chi connectivity index (χ2n) is 6.84. The Balaban J connectivity index is 0.00000312. The van der Waals surface area contributed by atoms with Crippen LogP contribution in [0.1, 0.15) is 44.7 Å². The third-order valence-corrected chi connectivity index (χ3v) is 4.62. The number of likely N-dealkylation sites (tertiary alicyclic amines) is 1. The molecule has 140 valence electrons. The van der Waals surface area contributed by atoms with E-state index in [1.54, 1.807) is 7.05 Å². The van der Waals surface area contributed by atoms with Crippen molar-refractivity contribution in [1.82, 2.24) is 15.5 Å². The topological polar surface area (TPSA) is 56.7 Å². The summed E-state index contributed by atoms with van der Waals surface area (Å²) in [6.07, 6.45) is 1.69. The fraction of sp³-hybridized carbons (Fsp3) is 0.579. The van der Waals surface area contributed by atoms with Gasteiger partial charge in [-0.25, -0.2) is 0 Å². The Morgan fingerprint density at radius 3 is 2.36 bits per heavy atom. The van der Waals surface area contributed by atoms with E-state index in [1.165, 1.54) is 11.1 Å². The Bertz CT molecular complexity index is 571. The fourth-order valence-corrected chi connectivity index (χ4v) is 2.62. The van der Waals surface area contributed by atoms with Gasteiger partial charge >= 0.3 is 0 Å².